The van der Waals surface area contributed by atoms with Crippen LogP contribution in [0.15, 0.2) is 36.7 Å². The zero-order valence-electron chi connectivity index (χ0n) is 23.5. The Morgan fingerprint density at radius 1 is 1.00 bits per heavy atom. The van der Waals surface area contributed by atoms with Crippen molar-refractivity contribution >= 4 is 46.8 Å². The largest absolute Gasteiger partial charge is 0.495 e. The van der Waals surface area contributed by atoms with Gasteiger partial charge >= 0.3 is 6.18 Å². The lowest BCUT2D eigenvalue weighted by Crippen LogP contribution is -2.51. The number of piperazine rings is 2. The molecule has 2 aliphatic rings. The highest BCUT2D eigenvalue weighted by Gasteiger charge is 2.40. The van der Waals surface area contributed by atoms with Gasteiger partial charge in [-0.1, -0.05) is 23.2 Å². The van der Waals surface area contributed by atoms with Crippen molar-refractivity contribution in [2.75, 3.05) is 69.3 Å². The fraction of sp³-hybridized carbons (Fsp3) is 0.429. The van der Waals surface area contributed by atoms with Crippen molar-refractivity contribution in [2.45, 2.75) is 19.3 Å². The molecular weight excluding hydrogens is 610 g/mol. The number of benzene rings is 1. The molecule has 1 unspecified atom stereocenters. The number of methoxy groups -OCH3 is 1. The van der Waals surface area contributed by atoms with Crippen LogP contribution in [0.25, 0.3) is 0 Å². The summed E-state index contributed by atoms with van der Waals surface area (Å²) in [5.41, 5.74) is 0.919. The third-order valence-corrected chi connectivity index (χ3v) is 8.59. The van der Waals surface area contributed by atoms with Crippen LogP contribution in [0.1, 0.15) is 27.9 Å². The van der Waals surface area contributed by atoms with Crippen molar-refractivity contribution in [1.82, 2.24) is 24.6 Å². The molecule has 230 valence electrons. The molecule has 2 fully saturated rings. The van der Waals surface area contributed by atoms with Crippen LogP contribution in [0.4, 0.5) is 24.5 Å². The third-order valence-electron chi connectivity index (χ3n) is 7.84. The summed E-state index contributed by atoms with van der Waals surface area (Å²) < 4.78 is 46.6. The molecule has 2 saturated heterocycles. The fourth-order valence-electron chi connectivity index (χ4n) is 5.49. The number of pyridine rings is 1. The lowest BCUT2D eigenvalue weighted by atomic mass is 10.1. The van der Waals surface area contributed by atoms with Crippen molar-refractivity contribution in [3.63, 3.8) is 0 Å². The highest BCUT2D eigenvalue weighted by atomic mass is 35.5. The number of halogens is 5. The molecule has 5 rings (SSSR count). The Hall–Kier alpha value is -3.55. The maximum absolute atomic E-state index is 13.8. The Bertz CT molecular complexity index is 1470. The minimum atomic E-state index is -4.75. The molecule has 0 saturated carbocycles. The van der Waals surface area contributed by atoms with Crippen molar-refractivity contribution in [1.29, 1.82) is 0 Å². The first-order valence-electron chi connectivity index (χ1n) is 13.6. The zero-order valence-corrected chi connectivity index (χ0v) is 25.0. The number of ether oxygens (including phenoxy) is 1. The molecule has 15 heteroatoms. The first kappa shape index (κ1) is 30.9. The average Bonchev–Trinajstić information content (AvgIpc) is 3.32. The van der Waals surface area contributed by atoms with Crippen LogP contribution in [-0.4, -0.2) is 96.2 Å². The Morgan fingerprint density at radius 2 is 1.63 bits per heavy atom. The van der Waals surface area contributed by atoms with Gasteiger partial charge in [-0.25, -0.2) is 4.68 Å². The average molecular weight is 640 g/mol. The summed E-state index contributed by atoms with van der Waals surface area (Å²) in [6, 6.07) is 7.21. The molecule has 0 radical (unpaired) electrons. The van der Waals surface area contributed by atoms with Crippen LogP contribution in [0.5, 0.6) is 5.75 Å². The normalized spacial score (nSPS) is 17.2. The number of hydrogen-bond acceptors (Lipinski definition) is 8. The van der Waals surface area contributed by atoms with E-state index < -0.39 is 23.1 Å². The maximum Gasteiger partial charge on any atom is 0.436 e. The number of aldehydes is 1. The van der Waals surface area contributed by atoms with Crippen LogP contribution in [0.2, 0.25) is 10.0 Å². The quantitative estimate of drug-likeness (QED) is 0.352. The molecule has 0 aliphatic carbocycles. The molecule has 10 nitrogen and oxygen atoms in total. The first-order valence-corrected chi connectivity index (χ1v) is 14.4. The highest BCUT2D eigenvalue weighted by Crippen LogP contribution is 2.38. The van der Waals surface area contributed by atoms with E-state index in [1.54, 1.807) is 34.3 Å². The number of hydrogen-bond donors (Lipinski definition) is 0. The fourth-order valence-corrected chi connectivity index (χ4v) is 5.96. The number of carbonyl (C=O) groups excluding carboxylic acids is 2. The van der Waals surface area contributed by atoms with Crippen LogP contribution < -0.4 is 14.5 Å². The maximum atomic E-state index is 13.8. The molecule has 1 atom stereocenters. The van der Waals surface area contributed by atoms with E-state index in [1.807, 2.05) is 17.0 Å². The van der Waals surface area contributed by atoms with Gasteiger partial charge < -0.3 is 19.4 Å². The molecule has 2 aliphatic heterocycles. The molecule has 4 heterocycles. The van der Waals surface area contributed by atoms with Crippen molar-refractivity contribution in [3.05, 3.63) is 63.7 Å². The summed E-state index contributed by atoms with van der Waals surface area (Å²) in [5.74, 6) is 0.244. The van der Waals surface area contributed by atoms with E-state index in [0.29, 0.717) is 80.7 Å². The number of amides is 1. The number of aromatic nitrogens is 3. The molecule has 3 aromatic rings. The Balaban J connectivity index is 1.33. The summed E-state index contributed by atoms with van der Waals surface area (Å²) in [7, 11) is 1.49. The van der Waals surface area contributed by atoms with Crippen LogP contribution in [0, 0.1) is 6.92 Å². The molecule has 1 amide bonds. The van der Waals surface area contributed by atoms with Gasteiger partial charge in [-0.05, 0) is 25.1 Å². The second-order valence-electron chi connectivity index (χ2n) is 10.3. The van der Waals surface area contributed by atoms with Gasteiger partial charge in [0, 0.05) is 76.5 Å². The minimum absolute atomic E-state index is 0.0490. The Kier molecular flexibility index (Phi) is 9.04. The molecule has 2 aromatic heterocycles. The summed E-state index contributed by atoms with van der Waals surface area (Å²) >= 11 is 12.4. The monoisotopic (exact) mass is 639 g/mol. The number of alkyl halides is 3. The number of carbonyl (C=O) groups is 2. The third kappa shape index (κ3) is 6.24. The van der Waals surface area contributed by atoms with E-state index in [2.05, 4.69) is 15.0 Å². The van der Waals surface area contributed by atoms with Crippen molar-refractivity contribution in [2.24, 2.45) is 0 Å². The highest BCUT2D eigenvalue weighted by molar-refractivity contribution is 6.32. The summed E-state index contributed by atoms with van der Waals surface area (Å²) in [6.07, 6.45) is -1.80. The van der Waals surface area contributed by atoms with Crippen LogP contribution in [-0.2, 0) is 11.0 Å². The van der Waals surface area contributed by atoms with Gasteiger partial charge in [-0.3, -0.25) is 19.5 Å². The van der Waals surface area contributed by atoms with Crippen molar-refractivity contribution in [3.8, 4) is 5.75 Å². The molecular formula is C28H30Cl2F3N7O3. The number of rotatable bonds is 7. The van der Waals surface area contributed by atoms with Gasteiger partial charge in [0.25, 0.3) is 5.91 Å². The summed E-state index contributed by atoms with van der Waals surface area (Å²) in [5, 5.41) is 3.41. The second kappa shape index (κ2) is 12.6. The molecule has 0 bridgehead atoms. The van der Waals surface area contributed by atoms with Gasteiger partial charge in [-0.15, -0.1) is 0 Å². The molecule has 0 spiro atoms. The molecule has 0 N–H and O–H groups in total. The lowest BCUT2D eigenvalue weighted by molar-refractivity contribution is -0.142. The van der Waals surface area contributed by atoms with E-state index in [1.165, 1.54) is 14.0 Å². The van der Waals surface area contributed by atoms with Gasteiger partial charge in [-0.2, -0.15) is 18.3 Å². The van der Waals surface area contributed by atoms with Crippen molar-refractivity contribution < 1.29 is 27.5 Å². The zero-order chi connectivity index (χ0) is 30.9. The number of nitrogens with zero attached hydrogens (tertiary/aromatic N) is 7. The van der Waals surface area contributed by atoms with Crippen LogP contribution >= 0.6 is 23.2 Å². The van der Waals surface area contributed by atoms with Gasteiger partial charge in [0.2, 0.25) is 0 Å². The minimum Gasteiger partial charge on any atom is -0.495 e. The van der Waals surface area contributed by atoms with Gasteiger partial charge in [0.1, 0.15) is 5.75 Å². The lowest BCUT2D eigenvalue weighted by Gasteiger charge is -2.40. The van der Waals surface area contributed by atoms with E-state index >= 15 is 0 Å². The Morgan fingerprint density at radius 3 is 2.19 bits per heavy atom. The smallest absolute Gasteiger partial charge is 0.436 e. The van der Waals surface area contributed by atoms with Crippen LogP contribution in [0.3, 0.4) is 0 Å². The molecule has 1 aromatic carbocycles. The van der Waals surface area contributed by atoms with E-state index in [0.717, 1.165) is 10.4 Å². The van der Waals surface area contributed by atoms with Gasteiger partial charge in [0.15, 0.2) is 18.1 Å². The standard InChI is InChI=1S/C28H30Cl2F3N7O3/c1-18-25(30)26(28(31,32)33)35-40(18)24(17-41)38-11-9-37(10-12-38)22-16-23(43-2)21(29)15-20(22)27(42)39-13-7-36(8-14-39)19-3-5-34-6-4-19/h3-6,15-17,24H,7-14H2,1-2H3. The number of anilines is 2. The van der Waals surface area contributed by atoms with E-state index in [9.17, 15) is 22.8 Å². The first-order chi connectivity index (χ1) is 20.5. The molecule has 43 heavy (non-hydrogen) atoms. The topological polar surface area (TPSA) is 87.0 Å². The Labute approximate surface area is 256 Å². The predicted molar refractivity (Wildman–Crippen MR) is 156 cm³/mol. The second-order valence-corrected chi connectivity index (χ2v) is 11.0. The van der Waals surface area contributed by atoms with E-state index in [-0.39, 0.29) is 11.6 Å². The summed E-state index contributed by atoms with van der Waals surface area (Å²) in [4.78, 5) is 37.7. The van der Waals surface area contributed by atoms with Gasteiger partial charge in [0.05, 0.1) is 34.1 Å². The van der Waals surface area contributed by atoms with E-state index in [4.69, 9.17) is 27.9 Å². The predicted octanol–water partition coefficient (Wildman–Crippen LogP) is 4.40. The SMILES string of the molecule is COc1cc(N2CCN(C(C=O)n3nc(C(F)(F)F)c(Cl)c3C)CC2)c(C(=O)N2CCN(c3ccncc3)CC2)cc1Cl. The summed E-state index contributed by atoms with van der Waals surface area (Å²) in [6.45, 7) is 5.13.